The fourth-order valence-electron chi connectivity index (χ4n) is 3.36. The summed E-state index contributed by atoms with van der Waals surface area (Å²) >= 11 is 0. The molecular weight excluding hydrogens is 354 g/mol. The predicted octanol–water partition coefficient (Wildman–Crippen LogP) is 2.54. The Bertz CT molecular complexity index is 863. The van der Waals surface area contributed by atoms with Crippen LogP contribution in [0.5, 0.6) is 0 Å². The second kappa shape index (κ2) is 8.80. The maximum absolute atomic E-state index is 13.0. The maximum atomic E-state index is 13.0. The molecule has 1 aliphatic heterocycles. The van der Waals surface area contributed by atoms with Gasteiger partial charge >= 0.3 is 0 Å². The highest BCUT2D eigenvalue weighted by Gasteiger charge is 2.43. The van der Waals surface area contributed by atoms with E-state index in [2.05, 4.69) is 4.98 Å². The zero-order chi connectivity index (χ0) is 20.1. The molecule has 146 valence electrons. The normalized spacial score (nSPS) is 16.9. The van der Waals surface area contributed by atoms with Gasteiger partial charge in [-0.05, 0) is 38.2 Å². The van der Waals surface area contributed by atoms with Gasteiger partial charge in [0, 0.05) is 25.7 Å². The molecule has 1 atom stereocenters. The minimum absolute atomic E-state index is 0.151. The van der Waals surface area contributed by atoms with E-state index in [0.717, 1.165) is 5.56 Å². The lowest BCUT2D eigenvalue weighted by molar-refractivity contribution is -0.129. The zero-order valence-corrected chi connectivity index (χ0v) is 16.2. The van der Waals surface area contributed by atoms with Crippen molar-refractivity contribution in [2.24, 2.45) is 0 Å². The van der Waals surface area contributed by atoms with Crippen molar-refractivity contribution in [3.05, 3.63) is 77.3 Å². The minimum atomic E-state index is -0.656. The monoisotopic (exact) mass is 379 g/mol. The number of pyridine rings is 1. The molecule has 1 aromatic heterocycles. The van der Waals surface area contributed by atoms with Gasteiger partial charge in [-0.3, -0.25) is 14.6 Å². The van der Waals surface area contributed by atoms with Crippen molar-refractivity contribution in [2.45, 2.75) is 18.9 Å². The highest BCUT2D eigenvalue weighted by atomic mass is 16.3. The topological polar surface area (TPSA) is 73.7 Å². The summed E-state index contributed by atoms with van der Waals surface area (Å²) in [6.45, 7) is 1.01. The van der Waals surface area contributed by atoms with E-state index in [0.29, 0.717) is 25.2 Å². The van der Waals surface area contributed by atoms with Gasteiger partial charge in [0.05, 0.1) is 11.3 Å². The quantitative estimate of drug-likeness (QED) is 0.763. The summed E-state index contributed by atoms with van der Waals surface area (Å²) in [5.74, 6) is -1.19. The summed E-state index contributed by atoms with van der Waals surface area (Å²) in [4.78, 5) is 33.6. The largest absolute Gasteiger partial charge is 0.503 e. The van der Waals surface area contributed by atoms with E-state index in [9.17, 15) is 14.7 Å². The van der Waals surface area contributed by atoms with Crippen LogP contribution >= 0.6 is 0 Å². The lowest BCUT2D eigenvalue weighted by atomic mass is 9.96. The first-order chi connectivity index (χ1) is 13.5. The smallest absolute Gasteiger partial charge is 0.290 e. The summed E-state index contributed by atoms with van der Waals surface area (Å²) < 4.78 is 0. The van der Waals surface area contributed by atoms with E-state index in [1.54, 1.807) is 18.3 Å². The van der Waals surface area contributed by atoms with Crippen molar-refractivity contribution in [3.8, 4) is 0 Å². The molecule has 1 aliphatic rings. The Morgan fingerprint density at radius 1 is 1.14 bits per heavy atom. The molecule has 0 fully saturated rings. The second-order valence-electron chi connectivity index (χ2n) is 7.13. The minimum Gasteiger partial charge on any atom is -0.503 e. The average molecular weight is 379 g/mol. The third kappa shape index (κ3) is 4.28. The Hall–Kier alpha value is -2.99. The third-order valence-corrected chi connectivity index (χ3v) is 4.84. The van der Waals surface area contributed by atoms with Crippen LogP contribution in [0.4, 0.5) is 0 Å². The molecular formula is C22H25N3O3. The van der Waals surface area contributed by atoms with Crippen molar-refractivity contribution in [3.63, 3.8) is 0 Å². The number of aromatic nitrogens is 1. The number of benzene rings is 1. The Labute approximate surface area is 165 Å². The van der Waals surface area contributed by atoms with E-state index in [-0.39, 0.29) is 17.8 Å². The third-order valence-electron chi connectivity index (χ3n) is 4.84. The van der Waals surface area contributed by atoms with Crippen LogP contribution in [0, 0.1) is 0 Å². The number of rotatable bonds is 8. The molecule has 2 aromatic rings. The van der Waals surface area contributed by atoms with Crippen molar-refractivity contribution in [1.29, 1.82) is 0 Å². The van der Waals surface area contributed by atoms with Gasteiger partial charge in [0.2, 0.25) is 0 Å². The van der Waals surface area contributed by atoms with Gasteiger partial charge in [0.25, 0.3) is 5.91 Å². The molecule has 2 heterocycles. The summed E-state index contributed by atoms with van der Waals surface area (Å²) in [6.07, 6.45) is 2.41. The Kier molecular flexibility index (Phi) is 6.21. The van der Waals surface area contributed by atoms with Crippen LogP contribution in [0.3, 0.4) is 0 Å². The number of carbonyl (C=O) groups excluding carboxylic acids is 2. The van der Waals surface area contributed by atoms with Crippen LogP contribution < -0.4 is 0 Å². The van der Waals surface area contributed by atoms with Crippen molar-refractivity contribution < 1.29 is 14.7 Å². The summed E-state index contributed by atoms with van der Waals surface area (Å²) in [6, 6.07) is 14.4. The molecule has 1 unspecified atom stereocenters. The molecule has 1 N–H and O–H groups in total. The molecule has 0 spiro atoms. The molecule has 0 radical (unpaired) electrons. The van der Waals surface area contributed by atoms with Crippen LogP contribution in [0.2, 0.25) is 0 Å². The summed E-state index contributed by atoms with van der Waals surface area (Å²) in [5, 5.41) is 10.5. The van der Waals surface area contributed by atoms with Crippen LogP contribution in [0.1, 0.15) is 23.7 Å². The molecule has 6 nitrogen and oxygen atoms in total. The zero-order valence-electron chi connectivity index (χ0n) is 16.2. The number of hydrogen-bond acceptors (Lipinski definition) is 5. The molecule has 0 saturated heterocycles. The molecule has 28 heavy (non-hydrogen) atoms. The SMILES string of the molecule is CN(C)CCN1C(=O)C(O)=C(C(=O)CCc2ccccc2)C1c1ccccn1. The van der Waals surface area contributed by atoms with Gasteiger partial charge in [-0.2, -0.15) is 0 Å². The van der Waals surface area contributed by atoms with Gasteiger partial charge in [-0.15, -0.1) is 0 Å². The van der Waals surface area contributed by atoms with Gasteiger partial charge in [-0.25, -0.2) is 0 Å². The first-order valence-electron chi connectivity index (χ1n) is 9.36. The van der Waals surface area contributed by atoms with E-state index >= 15 is 0 Å². The van der Waals surface area contributed by atoms with Gasteiger partial charge in [0.15, 0.2) is 11.5 Å². The molecule has 0 aliphatic carbocycles. The number of aliphatic hydroxyl groups excluding tert-OH is 1. The fourth-order valence-corrected chi connectivity index (χ4v) is 3.36. The average Bonchev–Trinajstić information content (AvgIpc) is 2.96. The summed E-state index contributed by atoms with van der Waals surface area (Å²) in [7, 11) is 3.82. The Morgan fingerprint density at radius 2 is 1.86 bits per heavy atom. The highest BCUT2D eigenvalue weighted by molar-refractivity contribution is 6.08. The van der Waals surface area contributed by atoms with E-state index in [4.69, 9.17) is 0 Å². The van der Waals surface area contributed by atoms with Crippen molar-refractivity contribution in [2.75, 3.05) is 27.2 Å². The molecule has 0 saturated carbocycles. The Balaban J connectivity index is 1.87. The number of aliphatic hydroxyl groups is 1. The van der Waals surface area contributed by atoms with Gasteiger partial charge < -0.3 is 14.9 Å². The lowest BCUT2D eigenvalue weighted by Crippen LogP contribution is -2.37. The molecule has 1 amide bonds. The van der Waals surface area contributed by atoms with Crippen LogP contribution in [-0.2, 0) is 16.0 Å². The van der Waals surface area contributed by atoms with E-state index < -0.39 is 17.7 Å². The number of aryl methyl sites for hydroxylation is 1. The predicted molar refractivity (Wildman–Crippen MR) is 107 cm³/mol. The number of likely N-dealkylation sites (N-methyl/N-ethyl adjacent to an activating group) is 1. The van der Waals surface area contributed by atoms with E-state index in [1.807, 2.05) is 55.4 Å². The fraction of sp³-hybridized carbons (Fsp3) is 0.318. The van der Waals surface area contributed by atoms with Crippen LogP contribution in [0.15, 0.2) is 66.1 Å². The van der Waals surface area contributed by atoms with Crippen molar-refractivity contribution in [1.82, 2.24) is 14.8 Å². The standard InChI is InChI=1S/C22H25N3O3/c1-24(2)14-15-25-20(17-10-6-7-13-23-17)19(21(27)22(25)28)18(26)12-11-16-8-4-3-5-9-16/h3-10,13,20,27H,11-12,14-15H2,1-2H3. The second-order valence-corrected chi connectivity index (χ2v) is 7.13. The molecule has 0 bridgehead atoms. The number of carbonyl (C=O) groups is 2. The van der Waals surface area contributed by atoms with Crippen LogP contribution in [-0.4, -0.2) is 58.8 Å². The molecule has 6 heteroatoms. The first kappa shape index (κ1) is 19.8. The molecule has 3 rings (SSSR count). The van der Waals surface area contributed by atoms with Gasteiger partial charge in [0.1, 0.15) is 6.04 Å². The number of amides is 1. The molecule has 1 aromatic carbocycles. The number of Topliss-reactive ketones (excluding diaryl/α,β-unsaturated/α-hetero) is 1. The first-order valence-corrected chi connectivity index (χ1v) is 9.36. The van der Waals surface area contributed by atoms with E-state index in [1.165, 1.54) is 4.90 Å². The lowest BCUT2D eigenvalue weighted by Gasteiger charge is -2.27. The Morgan fingerprint density at radius 3 is 2.50 bits per heavy atom. The highest BCUT2D eigenvalue weighted by Crippen LogP contribution is 2.37. The maximum Gasteiger partial charge on any atom is 0.290 e. The van der Waals surface area contributed by atoms with Crippen molar-refractivity contribution >= 4 is 11.7 Å². The number of hydrogen-bond donors (Lipinski definition) is 1. The van der Waals surface area contributed by atoms with Crippen LogP contribution in [0.25, 0.3) is 0 Å². The van der Waals surface area contributed by atoms with Gasteiger partial charge in [-0.1, -0.05) is 36.4 Å². The number of ketones is 1. The summed E-state index contributed by atoms with van der Waals surface area (Å²) in [5.41, 5.74) is 1.78. The number of nitrogens with zero attached hydrogens (tertiary/aromatic N) is 3.